The second kappa shape index (κ2) is 14.7. The Morgan fingerprint density at radius 1 is 0.875 bits per heavy atom. The number of rotatable bonds is 13. The molecule has 1 atom stereocenters. The van der Waals surface area contributed by atoms with Crippen LogP contribution in [0, 0.1) is 0 Å². The Bertz CT molecular complexity index is 1420. The van der Waals surface area contributed by atoms with E-state index in [9.17, 15) is 18.0 Å². The van der Waals surface area contributed by atoms with E-state index in [0.717, 1.165) is 17.1 Å². The standard InChI is InChI=1S/C29H32Cl3N3O4S/c1-3-5-17-33-29(37)27(4-2)34(19-21-11-9-10-14-24(21)30)28(36)20-35(22-15-16-25(31)26(32)18-22)40(38,39)23-12-7-6-8-13-23/h6-16,18,27H,3-5,17,19-20H2,1-2H3,(H,33,37). The minimum absolute atomic E-state index is 0.00382. The van der Waals surface area contributed by atoms with Gasteiger partial charge in [-0.15, -0.1) is 0 Å². The fourth-order valence-electron chi connectivity index (χ4n) is 4.12. The molecule has 214 valence electrons. The number of halogens is 3. The van der Waals surface area contributed by atoms with Gasteiger partial charge in [0, 0.05) is 18.1 Å². The van der Waals surface area contributed by atoms with E-state index in [-0.39, 0.29) is 33.1 Å². The molecule has 0 aliphatic heterocycles. The molecule has 3 rings (SSSR count). The normalized spacial score (nSPS) is 12.0. The Morgan fingerprint density at radius 2 is 1.55 bits per heavy atom. The minimum atomic E-state index is -4.21. The Hall–Kier alpha value is -2.78. The van der Waals surface area contributed by atoms with E-state index < -0.39 is 28.5 Å². The van der Waals surface area contributed by atoms with Gasteiger partial charge in [-0.3, -0.25) is 13.9 Å². The number of hydrogen-bond donors (Lipinski definition) is 1. The second-order valence-electron chi connectivity index (χ2n) is 9.10. The number of nitrogens with zero attached hydrogens (tertiary/aromatic N) is 2. The summed E-state index contributed by atoms with van der Waals surface area (Å²) in [6.45, 7) is 3.71. The molecular formula is C29H32Cl3N3O4S. The van der Waals surface area contributed by atoms with E-state index >= 15 is 0 Å². The molecule has 0 radical (unpaired) electrons. The van der Waals surface area contributed by atoms with Crippen LogP contribution in [0.5, 0.6) is 0 Å². The summed E-state index contributed by atoms with van der Waals surface area (Å²) in [4.78, 5) is 28.6. The molecule has 1 N–H and O–H groups in total. The molecular weight excluding hydrogens is 593 g/mol. The number of carbonyl (C=O) groups is 2. The Morgan fingerprint density at radius 3 is 2.17 bits per heavy atom. The monoisotopic (exact) mass is 623 g/mol. The molecule has 0 aliphatic carbocycles. The summed E-state index contributed by atoms with van der Waals surface area (Å²) in [6.07, 6.45) is 2.00. The molecule has 0 spiro atoms. The minimum Gasteiger partial charge on any atom is -0.354 e. The maximum atomic E-state index is 14.0. The number of hydrogen-bond acceptors (Lipinski definition) is 4. The number of unbranched alkanes of at least 4 members (excludes halogenated alkanes) is 1. The van der Waals surface area contributed by atoms with Crippen molar-refractivity contribution < 1.29 is 18.0 Å². The van der Waals surface area contributed by atoms with Gasteiger partial charge in [0.15, 0.2) is 0 Å². The molecule has 0 aliphatic rings. The van der Waals surface area contributed by atoms with E-state index in [1.54, 1.807) is 49.4 Å². The van der Waals surface area contributed by atoms with Gasteiger partial charge >= 0.3 is 0 Å². The van der Waals surface area contributed by atoms with Crippen molar-refractivity contribution in [1.29, 1.82) is 0 Å². The van der Waals surface area contributed by atoms with Crippen LogP contribution in [0.15, 0.2) is 77.7 Å². The lowest BCUT2D eigenvalue weighted by Gasteiger charge is -2.33. The molecule has 0 bridgehead atoms. The summed E-state index contributed by atoms with van der Waals surface area (Å²) in [5.74, 6) is -0.897. The van der Waals surface area contributed by atoms with E-state index in [1.807, 2.05) is 6.92 Å². The first-order valence-corrected chi connectivity index (χ1v) is 15.5. The third kappa shape index (κ3) is 7.91. The van der Waals surface area contributed by atoms with Gasteiger partial charge < -0.3 is 10.2 Å². The third-order valence-electron chi connectivity index (χ3n) is 6.32. The van der Waals surface area contributed by atoms with Crippen LogP contribution in [-0.2, 0) is 26.2 Å². The Labute approximate surface area is 251 Å². The molecule has 2 amide bonds. The molecule has 40 heavy (non-hydrogen) atoms. The first kappa shape index (κ1) is 31.7. The average Bonchev–Trinajstić information content (AvgIpc) is 2.94. The molecule has 11 heteroatoms. The maximum absolute atomic E-state index is 14.0. The number of sulfonamides is 1. The molecule has 1 unspecified atom stereocenters. The smallest absolute Gasteiger partial charge is 0.264 e. The molecule has 0 fully saturated rings. The van der Waals surface area contributed by atoms with E-state index in [4.69, 9.17) is 34.8 Å². The van der Waals surface area contributed by atoms with Crippen molar-refractivity contribution in [2.24, 2.45) is 0 Å². The van der Waals surface area contributed by atoms with Crippen molar-refractivity contribution in [1.82, 2.24) is 10.2 Å². The Balaban J connectivity index is 2.06. The van der Waals surface area contributed by atoms with E-state index in [0.29, 0.717) is 23.6 Å². The maximum Gasteiger partial charge on any atom is 0.264 e. The highest BCUT2D eigenvalue weighted by atomic mass is 35.5. The topological polar surface area (TPSA) is 86.8 Å². The van der Waals surface area contributed by atoms with Crippen molar-refractivity contribution in [2.45, 2.75) is 50.6 Å². The first-order valence-electron chi connectivity index (χ1n) is 12.9. The zero-order valence-corrected chi connectivity index (χ0v) is 25.4. The van der Waals surface area contributed by atoms with Crippen LogP contribution in [-0.4, -0.2) is 44.3 Å². The van der Waals surface area contributed by atoms with Crippen LogP contribution >= 0.6 is 34.8 Å². The van der Waals surface area contributed by atoms with Crippen LogP contribution in [0.1, 0.15) is 38.7 Å². The lowest BCUT2D eigenvalue weighted by Crippen LogP contribution is -2.52. The van der Waals surface area contributed by atoms with Gasteiger partial charge in [0.2, 0.25) is 11.8 Å². The first-order chi connectivity index (χ1) is 19.1. The zero-order chi connectivity index (χ0) is 29.3. The number of nitrogens with one attached hydrogen (secondary N) is 1. The highest BCUT2D eigenvalue weighted by Gasteiger charge is 2.34. The molecule has 3 aromatic carbocycles. The van der Waals surface area contributed by atoms with E-state index in [1.165, 1.54) is 35.2 Å². The molecule has 3 aromatic rings. The van der Waals surface area contributed by atoms with Crippen LogP contribution in [0.25, 0.3) is 0 Å². The number of benzene rings is 3. The lowest BCUT2D eigenvalue weighted by molar-refractivity contribution is -0.140. The summed E-state index contributed by atoms with van der Waals surface area (Å²) < 4.78 is 28.6. The highest BCUT2D eigenvalue weighted by molar-refractivity contribution is 7.92. The van der Waals surface area contributed by atoms with Gasteiger partial charge in [0.1, 0.15) is 12.6 Å². The summed E-state index contributed by atoms with van der Waals surface area (Å²) in [5.41, 5.74) is 0.786. The zero-order valence-electron chi connectivity index (χ0n) is 22.3. The fraction of sp³-hybridized carbons (Fsp3) is 0.310. The van der Waals surface area contributed by atoms with Crippen molar-refractivity contribution in [3.8, 4) is 0 Å². The molecule has 0 saturated carbocycles. The summed E-state index contributed by atoms with van der Waals surface area (Å²) in [5, 5.41) is 3.70. The summed E-state index contributed by atoms with van der Waals surface area (Å²) in [7, 11) is -4.21. The summed E-state index contributed by atoms with van der Waals surface area (Å²) in [6, 6.07) is 18.3. The SMILES string of the molecule is CCCCNC(=O)C(CC)N(Cc1ccccc1Cl)C(=O)CN(c1ccc(Cl)c(Cl)c1)S(=O)(=O)c1ccccc1. The van der Waals surface area contributed by atoms with Crippen molar-refractivity contribution >= 4 is 62.3 Å². The van der Waals surface area contributed by atoms with Gasteiger partial charge in [0.25, 0.3) is 10.0 Å². The van der Waals surface area contributed by atoms with Gasteiger partial charge in [-0.05, 0) is 54.8 Å². The quantitative estimate of drug-likeness (QED) is 0.218. The van der Waals surface area contributed by atoms with E-state index in [2.05, 4.69) is 5.32 Å². The van der Waals surface area contributed by atoms with Crippen LogP contribution in [0.4, 0.5) is 5.69 Å². The van der Waals surface area contributed by atoms with Crippen molar-refractivity contribution in [2.75, 3.05) is 17.4 Å². The van der Waals surface area contributed by atoms with Crippen molar-refractivity contribution in [3.05, 3.63) is 93.4 Å². The highest BCUT2D eigenvalue weighted by Crippen LogP contribution is 2.31. The van der Waals surface area contributed by atoms with Crippen LogP contribution in [0.3, 0.4) is 0 Å². The molecule has 0 heterocycles. The van der Waals surface area contributed by atoms with Crippen molar-refractivity contribution in [3.63, 3.8) is 0 Å². The second-order valence-corrected chi connectivity index (χ2v) is 12.2. The van der Waals surface area contributed by atoms with Gasteiger partial charge in [-0.2, -0.15) is 0 Å². The van der Waals surface area contributed by atoms with Crippen LogP contribution in [0.2, 0.25) is 15.1 Å². The third-order valence-corrected chi connectivity index (χ3v) is 9.21. The lowest BCUT2D eigenvalue weighted by atomic mass is 10.1. The predicted octanol–water partition coefficient (Wildman–Crippen LogP) is 6.57. The predicted molar refractivity (Wildman–Crippen MR) is 161 cm³/mol. The molecule has 0 saturated heterocycles. The number of amides is 2. The molecule has 0 aromatic heterocycles. The molecule has 7 nitrogen and oxygen atoms in total. The average molecular weight is 625 g/mol. The Kier molecular flexibility index (Phi) is 11.7. The number of carbonyl (C=O) groups excluding carboxylic acids is 2. The van der Waals surface area contributed by atoms with Crippen LogP contribution < -0.4 is 9.62 Å². The van der Waals surface area contributed by atoms with Gasteiger partial charge in [-0.25, -0.2) is 8.42 Å². The largest absolute Gasteiger partial charge is 0.354 e. The van der Waals surface area contributed by atoms with Gasteiger partial charge in [0.05, 0.1) is 20.6 Å². The number of anilines is 1. The summed E-state index contributed by atoms with van der Waals surface area (Å²) >= 11 is 18.7. The van der Waals surface area contributed by atoms with Gasteiger partial charge in [-0.1, -0.05) is 91.5 Å². The fourth-order valence-corrected chi connectivity index (χ4v) is 6.04.